The monoisotopic (exact) mass is 556 g/mol. The highest BCUT2D eigenvalue weighted by molar-refractivity contribution is 6.06. The lowest BCUT2D eigenvalue weighted by molar-refractivity contribution is -0.131. The van der Waals surface area contributed by atoms with Gasteiger partial charge in [-0.05, 0) is 57.7 Å². The molecule has 2 N–H and O–H groups in total. The van der Waals surface area contributed by atoms with E-state index in [1.54, 1.807) is 49.9 Å². The van der Waals surface area contributed by atoms with Crippen LogP contribution in [0, 0.1) is 5.92 Å². The standard InChI is InChI=1S/C28H40N6O6/c1-28(2,3)40-27(39)29-18-24(36)32-10-7-20(8-11-32)19-31-13-15-33(16-14-31)25(37)21-5-4-6-22(17-21)34-12-9-23(35)30-26(34)38/h4-6,17,20H,7-16,18-19H2,1-3H3,(H,29,39)(H,30,35,38). The Morgan fingerprint density at radius 1 is 0.975 bits per heavy atom. The molecule has 4 rings (SSSR count). The van der Waals surface area contributed by atoms with Gasteiger partial charge in [0, 0.05) is 70.0 Å². The fourth-order valence-corrected chi connectivity index (χ4v) is 5.24. The van der Waals surface area contributed by atoms with Crippen LogP contribution in [0.1, 0.15) is 50.4 Å². The Labute approximate surface area is 235 Å². The van der Waals surface area contributed by atoms with Gasteiger partial charge < -0.3 is 19.9 Å². The third-order valence-corrected chi connectivity index (χ3v) is 7.38. The first-order valence-electron chi connectivity index (χ1n) is 14.0. The summed E-state index contributed by atoms with van der Waals surface area (Å²) in [5.74, 6) is 0.0130. The number of nitrogens with one attached hydrogen (secondary N) is 2. The van der Waals surface area contributed by atoms with Gasteiger partial charge in [-0.25, -0.2) is 9.59 Å². The van der Waals surface area contributed by atoms with Gasteiger partial charge in [-0.15, -0.1) is 0 Å². The number of amides is 6. The molecule has 6 amide bonds. The zero-order valence-corrected chi connectivity index (χ0v) is 23.6. The van der Waals surface area contributed by atoms with Crippen LogP contribution < -0.4 is 15.5 Å². The van der Waals surface area contributed by atoms with Crippen molar-refractivity contribution in [1.82, 2.24) is 25.3 Å². The minimum absolute atomic E-state index is 0.0661. The van der Waals surface area contributed by atoms with Crippen molar-refractivity contribution >= 4 is 35.5 Å². The number of rotatable bonds is 6. The topological polar surface area (TPSA) is 132 Å². The summed E-state index contributed by atoms with van der Waals surface area (Å²) >= 11 is 0. The molecule has 218 valence electrons. The van der Waals surface area contributed by atoms with Crippen LogP contribution in [0.2, 0.25) is 0 Å². The Kier molecular flexibility index (Phi) is 9.28. The molecular formula is C28H40N6O6. The van der Waals surface area contributed by atoms with Gasteiger partial charge >= 0.3 is 12.1 Å². The normalized spacial score (nSPS) is 19.3. The second kappa shape index (κ2) is 12.7. The summed E-state index contributed by atoms with van der Waals surface area (Å²) in [5.41, 5.74) is 0.513. The van der Waals surface area contributed by atoms with Crippen LogP contribution in [0.5, 0.6) is 0 Å². The van der Waals surface area contributed by atoms with E-state index in [2.05, 4.69) is 15.5 Å². The van der Waals surface area contributed by atoms with Crippen LogP contribution in [0.4, 0.5) is 15.3 Å². The molecule has 3 aliphatic rings. The molecule has 40 heavy (non-hydrogen) atoms. The van der Waals surface area contributed by atoms with E-state index in [-0.39, 0.29) is 37.2 Å². The average molecular weight is 557 g/mol. The largest absolute Gasteiger partial charge is 0.444 e. The van der Waals surface area contributed by atoms with Crippen LogP contribution >= 0.6 is 0 Å². The van der Waals surface area contributed by atoms with Gasteiger partial charge in [-0.3, -0.25) is 29.5 Å². The van der Waals surface area contributed by atoms with E-state index in [1.165, 1.54) is 4.90 Å². The van der Waals surface area contributed by atoms with Crippen LogP contribution in [0.15, 0.2) is 24.3 Å². The molecule has 1 aromatic carbocycles. The number of likely N-dealkylation sites (tertiary alicyclic amines) is 1. The highest BCUT2D eigenvalue weighted by Gasteiger charge is 2.29. The van der Waals surface area contributed by atoms with Gasteiger partial charge in [0.05, 0.1) is 0 Å². The molecule has 0 bridgehead atoms. The molecule has 12 nitrogen and oxygen atoms in total. The minimum atomic E-state index is -0.606. The number of carbonyl (C=O) groups excluding carboxylic acids is 5. The Bertz CT molecular complexity index is 1120. The number of urea groups is 1. The van der Waals surface area contributed by atoms with Gasteiger partial charge in [0.25, 0.3) is 5.91 Å². The highest BCUT2D eigenvalue weighted by atomic mass is 16.6. The molecule has 3 fully saturated rings. The van der Waals surface area contributed by atoms with Gasteiger partial charge in [0.15, 0.2) is 0 Å². The second-order valence-corrected chi connectivity index (χ2v) is 11.6. The number of imide groups is 1. The molecule has 0 aromatic heterocycles. The average Bonchev–Trinajstić information content (AvgIpc) is 2.91. The van der Waals surface area contributed by atoms with Gasteiger partial charge in [0.2, 0.25) is 11.8 Å². The molecule has 0 unspecified atom stereocenters. The summed E-state index contributed by atoms with van der Waals surface area (Å²) in [6, 6.07) is 6.52. The smallest absolute Gasteiger partial charge is 0.408 e. The van der Waals surface area contributed by atoms with Gasteiger partial charge in [-0.1, -0.05) is 6.07 Å². The lowest BCUT2D eigenvalue weighted by Crippen LogP contribution is -2.51. The molecule has 0 aliphatic carbocycles. The first-order valence-corrected chi connectivity index (χ1v) is 14.0. The number of ether oxygens (including phenoxy) is 1. The maximum absolute atomic E-state index is 13.2. The van der Waals surface area contributed by atoms with Crippen molar-refractivity contribution < 1.29 is 28.7 Å². The van der Waals surface area contributed by atoms with Crippen molar-refractivity contribution in [3.8, 4) is 0 Å². The van der Waals surface area contributed by atoms with Crippen LogP contribution in [0.25, 0.3) is 0 Å². The number of hydrogen-bond acceptors (Lipinski definition) is 7. The number of nitrogens with zero attached hydrogens (tertiary/aromatic N) is 4. The summed E-state index contributed by atoms with van der Waals surface area (Å²) in [6.45, 7) is 10.6. The Hall–Kier alpha value is -3.67. The maximum Gasteiger partial charge on any atom is 0.408 e. The van der Waals surface area contributed by atoms with Crippen molar-refractivity contribution in [3.05, 3.63) is 29.8 Å². The summed E-state index contributed by atoms with van der Waals surface area (Å²) in [5, 5.41) is 4.85. The van der Waals surface area contributed by atoms with Crippen molar-refractivity contribution in [1.29, 1.82) is 0 Å². The highest BCUT2D eigenvalue weighted by Crippen LogP contribution is 2.22. The number of anilines is 1. The number of piperidine rings is 1. The van der Waals surface area contributed by atoms with Crippen molar-refractivity contribution in [2.24, 2.45) is 5.92 Å². The molecule has 0 saturated carbocycles. The first kappa shape index (κ1) is 29.3. The molecule has 3 saturated heterocycles. The second-order valence-electron chi connectivity index (χ2n) is 11.6. The lowest BCUT2D eigenvalue weighted by atomic mass is 9.96. The zero-order valence-electron chi connectivity index (χ0n) is 23.6. The zero-order chi connectivity index (χ0) is 28.9. The molecule has 12 heteroatoms. The number of piperazine rings is 1. The third-order valence-electron chi connectivity index (χ3n) is 7.38. The first-order chi connectivity index (χ1) is 19.0. The Morgan fingerprint density at radius 3 is 2.33 bits per heavy atom. The number of hydrogen-bond donors (Lipinski definition) is 2. The molecule has 0 spiro atoms. The fourth-order valence-electron chi connectivity index (χ4n) is 5.24. The SMILES string of the molecule is CC(C)(C)OC(=O)NCC(=O)N1CCC(CN2CCN(C(=O)c3cccc(N4CCC(=O)NC4=O)c3)CC2)CC1. The van der Waals surface area contributed by atoms with E-state index in [9.17, 15) is 24.0 Å². The van der Waals surface area contributed by atoms with Crippen molar-refractivity contribution in [2.45, 2.75) is 45.6 Å². The maximum atomic E-state index is 13.2. The van der Waals surface area contributed by atoms with Gasteiger partial charge in [-0.2, -0.15) is 0 Å². The Morgan fingerprint density at radius 2 is 1.68 bits per heavy atom. The van der Waals surface area contributed by atoms with Crippen molar-refractivity contribution in [2.75, 3.05) is 63.8 Å². The van der Waals surface area contributed by atoms with Gasteiger partial charge in [0.1, 0.15) is 12.1 Å². The number of carbonyl (C=O) groups is 5. The third kappa shape index (κ3) is 7.93. The molecular weight excluding hydrogens is 516 g/mol. The molecule has 3 heterocycles. The van der Waals surface area contributed by atoms with Crippen LogP contribution in [-0.2, 0) is 14.3 Å². The summed E-state index contributed by atoms with van der Waals surface area (Å²) < 4.78 is 5.18. The lowest BCUT2D eigenvalue weighted by Gasteiger charge is -2.39. The summed E-state index contributed by atoms with van der Waals surface area (Å²) in [7, 11) is 0. The Balaban J connectivity index is 1.18. The van der Waals surface area contributed by atoms with E-state index in [0.29, 0.717) is 43.3 Å². The van der Waals surface area contributed by atoms with E-state index < -0.39 is 17.7 Å². The predicted octanol–water partition coefficient (Wildman–Crippen LogP) is 1.65. The van der Waals surface area contributed by atoms with E-state index in [0.717, 1.165) is 32.5 Å². The number of alkyl carbamates (subject to hydrolysis) is 1. The van der Waals surface area contributed by atoms with E-state index in [1.807, 2.05) is 4.90 Å². The van der Waals surface area contributed by atoms with Crippen LogP contribution in [0.3, 0.4) is 0 Å². The fraction of sp³-hybridized carbons (Fsp3) is 0.607. The summed E-state index contributed by atoms with van der Waals surface area (Å²) in [6.07, 6.45) is 1.44. The van der Waals surface area contributed by atoms with Crippen molar-refractivity contribution in [3.63, 3.8) is 0 Å². The van der Waals surface area contributed by atoms with E-state index >= 15 is 0 Å². The van der Waals surface area contributed by atoms with E-state index in [4.69, 9.17) is 4.74 Å². The molecule has 3 aliphatic heterocycles. The van der Waals surface area contributed by atoms with Crippen LogP contribution in [-0.4, -0.2) is 109 Å². The molecule has 0 atom stereocenters. The minimum Gasteiger partial charge on any atom is -0.444 e. The quantitative estimate of drug-likeness (QED) is 0.545. The summed E-state index contributed by atoms with van der Waals surface area (Å²) in [4.78, 5) is 68.6. The predicted molar refractivity (Wildman–Crippen MR) is 148 cm³/mol. The number of benzene rings is 1. The molecule has 0 radical (unpaired) electrons. The molecule has 1 aromatic rings.